The van der Waals surface area contributed by atoms with E-state index in [1.807, 2.05) is 30.3 Å². The average molecular weight is 365 g/mol. The van der Waals surface area contributed by atoms with E-state index in [1.165, 1.54) is 13.2 Å². The van der Waals surface area contributed by atoms with E-state index in [9.17, 15) is 4.79 Å². The van der Waals surface area contributed by atoms with Gasteiger partial charge in [-0.1, -0.05) is 30.3 Å². The van der Waals surface area contributed by atoms with Gasteiger partial charge in [0.15, 0.2) is 0 Å². The molecule has 8 nitrogen and oxygen atoms in total. The number of methoxy groups -OCH3 is 2. The number of nitrogens with two attached hydrogens (primary N) is 1. The summed E-state index contributed by atoms with van der Waals surface area (Å²) in [6.45, 7) is 0. The fraction of sp³-hybridized carbons (Fsp3) is 0.105. The van der Waals surface area contributed by atoms with Crippen LogP contribution in [0.1, 0.15) is 0 Å². The summed E-state index contributed by atoms with van der Waals surface area (Å²) in [7, 11) is 3.11. The molecule has 1 heterocycles. The minimum absolute atomic E-state index is 0.0480. The van der Waals surface area contributed by atoms with Crippen LogP contribution in [0.25, 0.3) is 11.3 Å². The van der Waals surface area contributed by atoms with Crippen LogP contribution in [0.4, 0.5) is 11.6 Å². The monoisotopic (exact) mass is 365 g/mol. The van der Waals surface area contributed by atoms with E-state index < -0.39 is 0 Å². The van der Waals surface area contributed by atoms with Gasteiger partial charge in [0.1, 0.15) is 11.5 Å². The fourth-order valence-electron chi connectivity index (χ4n) is 2.44. The van der Waals surface area contributed by atoms with Crippen LogP contribution in [0.15, 0.2) is 64.4 Å². The molecular formula is C19H19N5O3. The number of rotatable bonds is 5. The van der Waals surface area contributed by atoms with Crippen LogP contribution in [-0.2, 0) is 0 Å². The second kappa shape index (κ2) is 8.05. The Kier molecular flexibility index (Phi) is 5.36. The highest BCUT2D eigenvalue weighted by atomic mass is 16.5. The van der Waals surface area contributed by atoms with Crippen molar-refractivity contribution in [2.24, 2.45) is 10.7 Å². The van der Waals surface area contributed by atoms with Crippen molar-refractivity contribution >= 4 is 17.6 Å². The van der Waals surface area contributed by atoms with Gasteiger partial charge in [-0.15, -0.1) is 0 Å². The zero-order valence-corrected chi connectivity index (χ0v) is 14.9. The second-order valence-corrected chi connectivity index (χ2v) is 5.51. The first-order valence-electron chi connectivity index (χ1n) is 8.09. The Hall–Kier alpha value is -3.81. The molecule has 0 saturated heterocycles. The van der Waals surface area contributed by atoms with E-state index in [2.05, 4.69) is 20.3 Å². The third-order valence-electron chi connectivity index (χ3n) is 3.70. The molecule has 3 aromatic rings. The smallest absolute Gasteiger partial charge is 0.252 e. The van der Waals surface area contributed by atoms with E-state index >= 15 is 0 Å². The number of guanidine groups is 1. The van der Waals surface area contributed by atoms with Crippen LogP contribution < -0.4 is 26.1 Å². The quantitative estimate of drug-likeness (QED) is 0.473. The van der Waals surface area contributed by atoms with Crippen molar-refractivity contribution in [2.75, 3.05) is 19.5 Å². The molecule has 0 fully saturated rings. The van der Waals surface area contributed by atoms with Gasteiger partial charge >= 0.3 is 0 Å². The lowest BCUT2D eigenvalue weighted by molar-refractivity contribution is 0.395. The summed E-state index contributed by atoms with van der Waals surface area (Å²) in [4.78, 5) is 23.0. The molecular weight excluding hydrogens is 346 g/mol. The number of hydrogen-bond donors (Lipinski definition) is 3. The van der Waals surface area contributed by atoms with E-state index in [0.29, 0.717) is 22.9 Å². The number of hydrogen-bond acceptors (Lipinski definition) is 5. The Bertz CT molecular complexity index is 1020. The second-order valence-electron chi connectivity index (χ2n) is 5.51. The van der Waals surface area contributed by atoms with Gasteiger partial charge in [0.2, 0.25) is 11.9 Å². The minimum Gasteiger partial charge on any atom is -0.497 e. The highest BCUT2D eigenvalue weighted by Gasteiger charge is 2.08. The number of nitrogens with zero attached hydrogens (tertiary/aromatic N) is 2. The molecule has 8 heteroatoms. The Morgan fingerprint density at radius 1 is 1.11 bits per heavy atom. The van der Waals surface area contributed by atoms with Crippen LogP contribution in [0.5, 0.6) is 11.5 Å². The summed E-state index contributed by atoms with van der Waals surface area (Å²) < 4.78 is 10.5. The molecule has 1 aromatic heterocycles. The SMILES string of the molecule is COc1ccc(NC(N)=Nc2nc(-c3ccccc3)cc(=O)[nH]2)c(OC)c1. The summed E-state index contributed by atoms with van der Waals surface area (Å²) in [5.41, 5.74) is 7.55. The Labute approximate surface area is 155 Å². The molecule has 0 unspecified atom stereocenters. The topological polar surface area (TPSA) is 115 Å². The van der Waals surface area contributed by atoms with Crippen molar-refractivity contribution in [1.29, 1.82) is 0 Å². The van der Waals surface area contributed by atoms with Crippen molar-refractivity contribution in [3.05, 3.63) is 65.0 Å². The molecule has 0 saturated carbocycles. The van der Waals surface area contributed by atoms with Crippen molar-refractivity contribution in [3.8, 4) is 22.8 Å². The molecule has 0 aliphatic carbocycles. The average Bonchev–Trinajstić information content (AvgIpc) is 2.68. The van der Waals surface area contributed by atoms with Gasteiger partial charge in [0, 0.05) is 17.7 Å². The van der Waals surface area contributed by atoms with Gasteiger partial charge in [0.25, 0.3) is 5.56 Å². The number of aromatic nitrogens is 2. The van der Waals surface area contributed by atoms with Gasteiger partial charge in [-0.25, -0.2) is 4.98 Å². The molecule has 27 heavy (non-hydrogen) atoms. The zero-order valence-electron chi connectivity index (χ0n) is 14.9. The number of aromatic amines is 1. The van der Waals surface area contributed by atoms with Gasteiger partial charge in [-0.05, 0) is 12.1 Å². The maximum absolute atomic E-state index is 11.9. The van der Waals surface area contributed by atoms with Gasteiger partial charge < -0.3 is 20.5 Å². The minimum atomic E-state index is -0.322. The van der Waals surface area contributed by atoms with Crippen LogP contribution in [0.3, 0.4) is 0 Å². The van der Waals surface area contributed by atoms with Crippen molar-refractivity contribution in [2.45, 2.75) is 0 Å². The molecule has 138 valence electrons. The van der Waals surface area contributed by atoms with Crippen LogP contribution in [-0.4, -0.2) is 30.1 Å². The number of benzene rings is 2. The third-order valence-corrected chi connectivity index (χ3v) is 3.70. The molecule has 0 spiro atoms. The molecule has 0 aliphatic heterocycles. The lowest BCUT2D eigenvalue weighted by Crippen LogP contribution is -2.23. The van der Waals surface area contributed by atoms with Crippen molar-refractivity contribution in [3.63, 3.8) is 0 Å². The van der Waals surface area contributed by atoms with Gasteiger partial charge in [-0.3, -0.25) is 9.78 Å². The van der Waals surface area contributed by atoms with Crippen LogP contribution in [0.2, 0.25) is 0 Å². The first-order valence-corrected chi connectivity index (χ1v) is 8.09. The number of aliphatic imine (C=N–C) groups is 1. The number of nitrogens with one attached hydrogen (secondary N) is 2. The third kappa shape index (κ3) is 4.43. The summed E-state index contributed by atoms with van der Waals surface area (Å²) in [6.07, 6.45) is 0. The highest BCUT2D eigenvalue weighted by Crippen LogP contribution is 2.28. The largest absolute Gasteiger partial charge is 0.497 e. The van der Waals surface area contributed by atoms with Crippen molar-refractivity contribution in [1.82, 2.24) is 9.97 Å². The lowest BCUT2D eigenvalue weighted by Gasteiger charge is -2.11. The predicted molar refractivity (Wildman–Crippen MR) is 105 cm³/mol. The maximum Gasteiger partial charge on any atom is 0.252 e. The van der Waals surface area contributed by atoms with Crippen LogP contribution >= 0.6 is 0 Å². The van der Waals surface area contributed by atoms with Crippen LogP contribution in [0, 0.1) is 0 Å². The Morgan fingerprint density at radius 2 is 1.89 bits per heavy atom. The summed E-state index contributed by atoms with van der Waals surface area (Å²) in [5, 5.41) is 2.93. The van der Waals surface area contributed by atoms with E-state index in [1.54, 1.807) is 25.3 Å². The number of ether oxygens (including phenoxy) is 2. The number of H-pyrrole nitrogens is 1. The normalized spacial score (nSPS) is 11.1. The van der Waals surface area contributed by atoms with E-state index in [-0.39, 0.29) is 17.5 Å². The van der Waals surface area contributed by atoms with E-state index in [0.717, 1.165) is 5.56 Å². The molecule has 0 amide bonds. The summed E-state index contributed by atoms with van der Waals surface area (Å²) in [6, 6.07) is 16.0. The molecule has 2 aromatic carbocycles. The lowest BCUT2D eigenvalue weighted by atomic mass is 10.1. The standard InChI is InChI=1S/C19H19N5O3/c1-26-13-8-9-14(16(10-13)27-2)21-18(20)24-19-22-15(11-17(25)23-19)12-6-4-3-5-7-12/h3-11H,1-2H3,(H4,20,21,22,23,24,25). The van der Waals surface area contributed by atoms with E-state index in [4.69, 9.17) is 15.2 Å². The fourth-order valence-corrected chi connectivity index (χ4v) is 2.44. The molecule has 0 aliphatic rings. The highest BCUT2D eigenvalue weighted by molar-refractivity contribution is 5.95. The molecule has 3 rings (SSSR count). The Balaban J connectivity index is 1.89. The number of anilines is 1. The molecule has 0 atom stereocenters. The summed E-state index contributed by atoms with van der Waals surface area (Å²) >= 11 is 0. The maximum atomic E-state index is 11.9. The molecule has 0 bridgehead atoms. The Morgan fingerprint density at radius 3 is 2.59 bits per heavy atom. The zero-order chi connectivity index (χ0) is 19.2. The van der Waals surface area contributed by atoms with Crippen molar-refractivity contribution < 1.29 is 9.47 Å². The molecule has 0 radical (unpaired) electrons. The van der Waals surface area contributed by atoms with Gasteiger partial charge in [0.05, 0.1) is 25.6 Å². The van der Waals surface area contributed by atoms with Gasteiger partial charge in [-0.2, -0.15) is 4.99 Å². The first kappa shape index (κ1) is 18.0. The summed E-state index contributed by atoms with van der Waals surface area (Å²) in [5.74, 6) is 1.33. The molecule has 4 N–H and O–H groups in total. The predicted octanol–water partition coefficient (Wildman–Crippen LogP) is 2.51. The first-order chi connectivity index (χ1) is 13.1.